The fourth-order valence-corrected chi connectivity index (χ4v) is 4.26. The van der Waals surface area contributed by atoms with Crippen molar-refractivity contribution in [1.82, 2.24) is 19.7 Å². The van der Waals surface area contributed by atoms with Crippen LogP contribution in [-0.4, -0.2) is 37.5 Å². The molecule has 1 unspecified atom stereocenters. The van der Waals surface area contributed by atoms with Gasteiger partial charge in [0.05, 0.1) is 29.6 Å². The predicted octanol–water partition coefficient (Wildman–Crippen LogP) is 3.84. The molecule has 2 heterocycles. The number of fused-ring (bicyclic) bond motifs is 1. The molecule has 1 atom stereocenters. The van der Waals surface area contributed by atoms with Crippen LogP contribution in [-0.2, 0) is 4.79 Å². The zero-order valence-electron chi connectivity index (χ0n) is 18.2. The molecule has 0 aliphatic carbocycles. The number of benzene rings is 2. The highest BCUT2D eigenvalue weighted by Gasteiger charge is 2.24. The lowest BCUT2D eigenvalue weighted by molar-refractivity contribution is -0.117. The number of rotatable bonds is 7. The van der Waals surface area contributed by atoms with Crippen molar-refractivity contribution in [1.29, 1.82) is 5.26 Å². The number of aromatic nitrogens is 4. The van der Waals surface area contributed by atoms with E-state index in [4.69, 9.17) is 5.26 Å². The van der Waals surface area contributed by atoms with Gasteiger partial charge in [0.1, 0.15) is 5.39 Å². The molecule has 4 rings (SSSR count). The van der Waals surface area contributed by atoms with Gasteiger partial charge in [-0.1, -0.05) is 47.7 Å². The van der Waals surface area contributed by atoms with Crippen molar-refractivity contribution in [2.45, 2.75) is 30.7 Å². The van der Waals surface area contributed by atoms with Gasteiger partial charge in [-0.15, -0.1) is 0 Å². The first-order valence-corrected chi connectivity index (χ1v) is 11.3. The normalized spacial score (nSPS) is 11.8. The van der Waals surface area contributed by atoms with Crippen LogP contribution in [0, 0.1) is 18.3 Å². The van der Waals surface area contributed by atoms with E-state index in [2.05, 4.69) is 21.1 Å². The lowest BCUT2D eigenvalue weighted by Gasteiger charge is -2.25. The van der Waals surface area contributed by atoms with E-state index in [1.165, 1.54) is 18.0 Å². The number of nitrogens with one attached hydrogen (secondary N) is 1. The van der Waals surface area contributed by atoms with Crippen molar-refractivity contribution in [3.05, 3.63) is 76.7 Å². The number of para-hydroxylation sites is 1. The second-order valence-corrected chi connectivity index (χ2v) is 8.82. The number of aryl methyl sites for hydroxylation is 1. The summed E-state index contributed by atoms with van der Waals surface area (Å²) in [4.78, 5) is 34.9. The molecule has 0 spiro atoms. The number of carbonyl (C=O) groups is 1. The maximum Gasteiger partial charge on any atom is 0.262 e. The molecule has 1 amide bonds. The van der Waals surface area contributed by atoms with Crippen LogP contribution >= 0.6 is 11.8 Å². The first-order chi connectivity index (χ1) is 16.0. The maximum atomic E-state index is 13.3. The zero-order valence-corrected chi connectivity index (χ0v) is 19.0. The summed E-state index contributed by atoms with van der Waals surface area (Å²) in [5.41, 5.74) is 2.70. The third kappa shape index (κ3) is 4.81. The number of H-pyrrole nitrogens is 1. The lowest BCUT2D eigenvalue weighted by Crippen LogP contribution is -2.37. The third-order valence-electron chi connectivity index (χ3n) is 5.11. The van der Waals surface area contributed by atoms with Gasteiger partial charge in [0.2, 0.25) is 5.91 Å². The van der Waals surface area contributed by atoms with Crippen LogP contribution in [0.15, 0.2) is 70.7 Å². The number of aromatic amines is 1. The molecule has 1 N–H and O–H groups in total. The quantitative estimate of drug-likeness (QED) is 0.333. The molecule has 166 valence electrons. The summed E-state index contributed by atoms with van der Waals surface area (Å²) in [6.07, 6.45) is 1.70. The Bertz CT molecular complexity index is 1370. The van der Waals surface area contributed by atoms with Crippen molar-refractivity contribution >= 4 is 34.4 Å². The fraction of sp³-hybridized carbons (Fsp3) is 0.208. The van der Waals surface area contributed by atoms with Crippen molar-refractivity contribution in [3.63, 3.8) is 0 Å². The molecule has 0 saturated carbocycles. The van der Waals surface area contributed by atoms with Gasteiger partial charge in [0.15, 0.2) is 10.8 Å². The molecular weight excluding hydrogens is 436 g/mol. The minimum absolute atomic E-state index is 0.168. The molecule has 0 aliphatic heterocycles. The number of anilines is 1. The number of hydrogen-bond donors (Lipinski definition) is 1. The first kappa shape index (κ1) is 22.3. The molecule has 0 radical (unpaired) electrons. The van der Waals surface area contributed by atoms with Crippen molar-refractivity contribution < 1.29 is 4.79 Å². The van der Waals surface area contributed by atoms with Gasteiger partial charge in [0.25, 0.3) is 5.56 Å². The van der Waals surface area contributed by atoms with Crippen molar-refractivity contribution in [2.75, 3.05) is 11.4 Å². The molecule has 0 aliphatic rings. The van der Waals surface area contributed by atoms with Crippen molar-refractivity contribution in [3.8, 4) is 11.8 Å². The predicted molar refractivity (Wildman–Crippen MR) is 129 cm³/mol. The lowest BCUT2D eigenvalue weighted by atomic mass is 10.2. The number of carbonyl (C=O) groups excluding carboxylic acids is 1. The number of amides is 1. The highest BCUT2D eigenvalue weighted by molar-refractivity contribution is 8.00. The van der Waals surface area contributed by atoms with E-state index in [9.17, 15) is 9.59 Å². The van der Waals surface area contributed by atoms with Crippen LogP contribution in [0.2, 0.25) is 0 Å². The van der Waals surface area contributed by atoms with Gasteiger partial charge < -0.3 is 9.88 Å². The van der Waals surface area contributed by atoms with Crippen LogP contribution in [0.4, 0.5) is 5.69 Å². The molecule has 0 saturated heterocycles. The molecule has 0 bridgehead atoms. The van der Waals surface area contributed by atoms with E-state index in [1.807, 2.05) is 61.5 Å². The van der Waals surface area contributed by atoms with Crippen LogP contribution in [0.25, 0.3) is 16.7 Å². The Kier molecular flexibility index (Phi) is 6.56. The highest BCUT2D eigenvalue weighted by Crippen LogP contribution is 2.25. The summed E-state index contributed by atoms with van der Waals surface area (Å²) in [6.45, 7) is 4.02. The summed E-state index contributed by atoms with van der Waals surface area (Å²) >= 11 is 1.17. The largest absolute Gasteiger partial charge is 0.310 e. The fourth-order valence-electron chi connectivity index (χ4n) is 3.40. The van der Waals surface area contributed by atoms with Crippen LogP contribution < -0.4 is 10.5 Å². The van der Waals surface area contributed by atoms with Crippen LogP contribution in [0.3, 0.4) is 0 Å². The van der Waals surface area contributed by atoms with Crippen LogP contribution in [0.5, 0.6) is 0 Å². The van der Waals surface area contributed by atoms with Gasteiger partial charge in [0, 0.05) is 12.2 Å². The molecule has 4 aromatic rings. The van der Waals surface area contributed by atoms with Gasteiger partial charge in [-0.3, -0.25) is 9.59 Å². The third-order valence-corrected chi connectivity index (χ3v) is 6.08. The standard InChI is InChI=1S/C24H22N6O2S/c1-16-9-11-18(12-10-16)29(14-6-13-25)23(32)17(2)33-24-27-21-20(22(31)28-24)15-26-30(21)19-7-4-3-5-8-19/h3-5,7-12,15,17H,6,14H2,1-2H3,(H,27,28,31). The summed E-state index contributed by atoms with van der Waals surface area (Å²) in [5.74, 6) is -0.168. The molecule has 8 nitrogen and oxygen atoms in total. The number of hydrogen-bond acceptors (Lipinski definition) is 6. The Hall–Kier alpha value is -3.90. The molecule has 9 heteroatoms. The Morgan fingerprint density at radius 3 is 2.64 bits per heavy atom. The number of nitriles is 1. The topological polar surface area (TPSA) is 108 Å². The van der Waals surface area contributed by atoms with E-state index in [0.717, 1.165) is 16.9 Å². The molecule has 33 heavy (non-hydrogen) atoms. The van der Waals surface area contributed by atoms with Gasteiger partial charge in [-0.25, -0.2) is 9.67 Å². The molecule has 2 aromatic carbocycles. The summed E-state index contributed by atoms with van der Waals surface area (Å²) in [6, 6.07) is 19.1. The highest BCUT2D eigenvalue weighted by atomic mass is 32.2. The average Bonchev–Trinajstić information content (AvgIpc) is 3.25. The number of nitrogens with zero attached hydrogens (tertiary/aromatic N) is 5. The average molecular weight is 459 g/mol. The second-order valence-electron chi connectivity index (χ2n) is 7.49. The summed E-state index contributed by atoms with van der Waals surface area (Å²) in [5, 5.41) is 13.5. The molecule has 0 fully saturated rings. The van der Waals surface area contributed by atoms with Gasteiger partial charge >= 0.3 is 0 Å². The van der Waals surface area contributed by atoms with Gasteiger partial charge in [-0.05, 0) is 38.1 Å². The Labute approximate surface area is 194 Å². The van der Waals surface area contributed by atoms with Gasteiger partial charge in [-0.2, -0.15) is 10.4 Å². The Morgan fingerprint density at radius 2 is 1.94 bits per heavy atom. The minimum atomic E-state index is -0.543. The Morgan fingerprint density at radius 1 is 1.21 bits per heavy atom. The summed E-state index contributed by atoms with van der Waals surface area (Å²) < 4.78 is 1.60. The number of thioether (sulfide) groups is 1. The SMILES string of the molecule is Cc1ccc(N(CCC#N)C(=O)C(C)Sc2nc3c(cnn3-c3ccccc3)c(=O)[nH]2)cc1. The molecular formula is C24H22N6O2S. The maximum absolute atomic E-state index is 13.3. The zero-order chi connectivity index (χ0) is 23.4. The second kappa shape index (κ2) is 9.71. The van der Waals surface area contributed by atoms with E-state index in [0.29, 0.717) is 16.2 Å². The van der Waals surface area contributed by atoms with Crippen molar-refractivity contribution in [2.24, 2.45) is 0 Å². The Balaban J connectivity index is 1.62. The first-order valence-electron chi connectivity index (χ1n) is 10.4. The monoisotopic (exact) mass is 458 g/mol. The van der Waals surface area contributed by atoms with Crippen LogP contribution in [0.1, 0.15) is 18.9 Å². The van der Waals surface area contributed by atoms with E-state index in [1.54, 1.807) is 16.5 Å². The van der Waals surface area contributed by atoms with E-state index >= 15 is 0 Å². The summed E-state index contributed by atoms with van der Waals surface area (Å²) in [7, 11) is 0. The minimum Gasteiger partial charge on any atom is -0.310 e. The smallest absolute Gasteiger partial charge is 0.262 e. The van der Waals surface area contributed by atoms with E-state index < -0.39 is 5.25 Å². The van der Waals surface area contributed by atoms with E-state index in [-0.39, 0.29) is 24.4 Å². The molecule has 2 aromatic heterocycles.